The van der Waals surface area contributed by atoms with E-state index < -0.39 is 6.10 Å². The molecule has 0 fully saturated rings. The van der Waals surface area contributed by atoms with Gasteiger partial charge in [0, 0.05) is 0 Å². The Kier molecular flexibility index (Phi) is 6.07. The highest BCUT2D eigenvalue weighted by Gasteiger charge is 2.17. The molecule has 0 radical (unpaired) electrons. The molecule has 128 valence electrons. The van der Waals surface area contributed by atoms with Crippen molar-refractivity contribution in [3.63, 3.8) is 0 Å². The third-order valence-corrected chi connectivity index (χ3v) is 3.72. The van der Waals surface area contributed by atoms with Crippen LogP contribution in [0.15, 0.2) is 48.5 Å². The summed E-state index contributed by atoms with van der Waals surface area (Å²) in [6.07, 6.45) is -0.598. The summed E-state index contributed by atoms with van der Waals surface area (Å²) in [6.45, 7) is 3.65. The number of amides is 1. The molecule has 0 aliphatic rings. The Balaban J connectivity index is 1.91. The van der Waals surface area contributed by atoms with Crippen LogP contribution in [0.2, 0.25) is 0 Å². The van der Waals surface area contributed by atoms with E-state index in [0.29, 0.717) is 5.75 Å². The smallest absolute Gasteiger partial charge is 0.261 e. The first-order valence-corrected chi connectivity index (χ1v) is 7.78. The molecule has 0 aliphatic carbocycles. The van der Waals surface area contributed by atoms with Crippen molar-refractivity contribution < 1.29 is 19.0 Å². The Hall–Kier alpha value is -2.69. The Bertz CT molecular complexity index is 652. The fourth-order valence-electron chi connectivity index (χ4n) is 2.22. The van der Waals surface area contributed by atoms with Gasteiger partial charge in [0.25, 0.3) is 5.91 Å². The molecule has 2 rings (SSSR count). The number of ether oxygens (including phenoxy) is 3. The number of nitrogens with one attached hydrogen (secondary N) is 1. The lowest BCUT2D eigenvalue weighted by Crippen LogP contribution is -2.37. The third kappa shape index (κ3) is 4.65. The van der Waals surface area contributed by atoms with Crippen LogP contribution in [0.25, 0.3) is 0 Å². The number of rotatable bonds is 7. The molecule has 2 aromatic carbocycles. The van der Waals surface area contributed by atoms with Gasteiger partial charge in [-0.25, -0.2) is 0 Å². The first-order chi connectivity index (χ1) is 11.5. The van der Waals surface area contributed by atoms with Gasteiger partial charge in [0.2, 0.25) is 0 Å². The van der Waals surface area contributed by atoms with Gasteiger partial charge >= 0.3 is 0 Å². The standard InChI is InChI=1S/C19H23NO4/c1-13(15-5-7-16(22-3)8-6-15)20-19(21)14(2)24-18-11-9-17(23-4)10-12-18/h5-14H,1-4H3,(H,20,21)/t13-,14-/m0/s1. The largest absolute Gasteiger partial charge is 0.497 e. The van der Waals surface area contributed by atoms with Gasteiger partial charge in [-0.3, -0.25) is 4.79 Å². The molecule has 0 aromatic heterocycles. The van der Waals surface area contributed by atoms with Crippen molar-refractivity contribution in [2.24, 2.45) is 0 Å². The number of hydrogen-bond donors (Lipinski definition) is 1. The van der Waals surface area contributed by atoms with Crippen LogP contribution in [-0.2, 0) is 4.79 Å². The summed E-state index contributed by atoms with van der Waals surface area (Å²) < 4.78 is 15.9. The fourth-order valence-corrected chi connectivity index (χ4v) is 2.22. The normalized spacial score (nSPS) is 12.8. The lowest BCUT2D eigenvalue weighted by molar-refractivity contribution is -0.127. The van der Waals surface area contributed by atoms with Crippen LogP contribution in [-0.4, -0.2) is 26.2 Å². The van der Waals surface area contributed by atoms with Crippen LogP contribution in [0.5, 0.6) is 17.2 Å². The second kappa shape index (κ2) is 8.24. The summed E-state index contributed by atoms with van der Waals surface area (Å²) in [5.41, 5.74) is 1.00. The van der Waals surface area contributed by atoms with Crippen molar-refractivity contribution in [3.05, 3.63) is 54.1 Å². The van der Waals surface area contributed by atoms with E-state index in [4.69, 9.17) is 14.2 Å². The van der Waals surface area contributed by atoms with Crippen LogP contribution < -0.4 is 19.5 Å². The van der Waals surface area contributed by atoms with E-state index >= 15 is 0 Å². The van der Waals surface area contributed by atoms with E-state index in [2.05, 4.69) is 5.32 Å². The maximum atomic E-state index is 12.3. The van der Waals surface area contributed by atoms with E-state index in [1.807, 2.05) is 31.2 Å². The Morgan fingerprint density at radius 3 is 1.79 bits per heavy atom. The van der Waals surface area contributed by atoms with Crippen molar-refractivity contribution in [2.45, 2.75) is 26.0 Å². The van der Waals surface area contributed by atoms with E-state index in [-0.39, 0.29) is 11.9 Å². The lowest BCUT2D eigenvalue weighted by atomic mass is 10.1. The Morgan fingerprint density at radius 2 is 1.29 bits per heavy atom. The molecule has 2 aromatic rings. The van der Waals surface area contributed by atoms with Crippen molar-refractivity contribution in [3.8, 4) is 17.2 Å². The monoisotopic (exact) mass is 329 g/mol. The van der Waals surface area contributed by atoms with Crippen molar-refractivity contribution in [1.82, 2.24) is 5.32 Å². The van der Waals surface area contributed by atoms with Gasteiger partial charge in [-0.15, -0.1) is 0 Å². The molecule has 5 nitrogen and oxygen atoms in total. The van der Waals surface area contributed by atoms with Gasteiger partial charge in [0.1, 0.15) is 17.2 Å². The molecule has 5 heteroatoms. The molecule has 1 amide bonds. The molecule has 0 heterocycles. The molecule has 0 spiro atoms. The maximum absolute atomic E-state index is 12.3. The molecular formula is C19H23NO4. The molecule has 1 N–H and O–H groups in total. The zero-order valence-corrected chi connectivity index (χ0v) is 14.4. The number of methoxy groups -OCH3 is 2. The van der Waals surface area contributed by atoms with Crippen molar-refractivity contribution in [2.75, 3.05) is 14.2 Å². The summed E-state index contributed by atoms with van der Waals surface area (Å²) in [6, 6.07) is 14.6. The zero-order chi connectivity index (χ0) is 17.5. The first-order valence-electron chi connectivity index (χ1n) is 7.78. The summed E-state index contributed by atoms with van der Waals surface area (Å²) >= 11 is 0. The second-order valence-corrected chi connectivity index (χ2v) is 5.44. The summed E-state index contributed by atoms with van der Waals surface area (Å²) in [7, 11) is 3.23. The van der Waals surface area contributed by atoms with Crippen molar-refractivity contribution >= 4 is 5.91 Å². The number of carbonyl (C=O) groups is 1. The molecule has 0 saturated carbocycles. The SMILES string of the molecule is COc1ccc(O[C@@H](C)C(=O)N[C@@H](C)c2ccc(OC)cc2)cc1. The quantitative estimate of drug-likeness (QED) is 0.846. The van der Waals surface area contributed by atoms with E-state index in [1.54, 1.807) is 45.4 Å². The minimum absolute atomic E-state index is 0.120. The van der Waals surface area contributed by atoms with Gasteiger partial charge in [-0.1, -0.05) is 12.1 Å². The molecule has 0 aliphatic heterocycles. The maximum Gasteiger partial charge on any atom is 0.261 e. The van der Waals surface area contributed by atoms with Crippen LogP contribution in [0, 0.1) is 0 Å². The first kappa shape index (κ1) is 17.7. The second-order valence-electron chi connectivity index (χ2n) is 5.44. The minimum Gasteiger partial charge on any atom is -0.497 e. The van der Waals surface area contributed by atoms with Crippen LogP contribution in [0.4, 0.5) is 0 Å². The zero-order valence-electron chi connectivity index (χ0n) is 14.4. The highest BCUT2D eigenvalue weighted by atomic mass is 16.5. The van der Waals surface area contributed by atoms with Gasteiger partial charge in [0.15, 0.2) is 6.10 Å². The predicted molar refractivity (Wildman–Crippen MR) is 92.6 cm³/mol. The highest BCUT2D eigenvalue weighted by molar-refractivity contribution is 5.81. The molecular weight excluding hydrogens is 306 g/mol. The Labute approximate surface area is 142 Å². The predicted octanol–water partition coefficient (Wildman–Crippen LogP) is 3.35. The van der Waals surface area contributed by atoms with Gasteiger partial charge < -0.3 is 19.5 Å². The summed E-state index contributed by atoms with van der Waals surface area (Å²) in [5.74, 6) is 1.98. The summed E-state index contributed by atoms with van der Waals surface area (Å²) in [4.78, 5) is 12.3. The van der Waals surface area contributed by atoms with Crippen molar-refractivity contribution in [1.29, 1.82) is 0 Å². The van der Waals surface area contributed by atoms with E-state index in [1.165, 1.54) is 0 Å². The van der Waals surface area contributed by atoms with Gasteiger partial charge in [-0.05, 0) is 55.8 Å². The number of benzene rings is 2. The molecule has 2 atom stereocenters. The molecule has 0 unspecified atom stereocenters. The number of hydrogen-bond acceptors (Lipinski definition) is 4. The average Bonchev–Trinajstić information content (AvgIpc) is 2.62. The van der Waals surface area contributed by atoms with Gasteiger partial charge in [0.05, 0.1) is 20.3 Å². The third-order valence-electron chi connectivity index (χ3n) is 3.72. The van der Waals surface area contributed by atoms with Crippen LogP contribution >= 0.6 is 0 Å². The highest BCUT2D eigenvalue weighted by Crippen LogP contribution is 2.19. The molecule has 0 saturated heterocycles. The summed E-state index contributed by atoms with van der Waals surface area (Å²) in [5, 5.41) is 2.95. The minimum atomic E-state index is -0.598. The fraction of sp³-hybridized carbons (Fsp3) is 0.316. The van der Waals surface area contributed by atoms with Crippen LogP contribution in [0.3, 0.4) is 0 Å². The van der Waals surface area contributed by atoms with E-state index in [9.17, 15) is 4.79 Å². The number of carbonyl (C=O) groups excluding carboxylic acids is 1. The molecule has 0 bridgehead atoms. The van der Waals surface area contributed by atoms with Crippen LogP contribution in [0.1, 0.15) is 25.5 Å². The average molecular weight is 329 g/mol. The van der Waals surface area contributed by atoms with E-state index in [0.717, 1.165) is 17.1 Å². The molecule has 24 heavy (non-hydrogen) atoms. The van der Waals surface area contributed by atoms with Gasteiger partial charge in [-0.2, -0.15) is 0 Å². The Morgan fingerprint density at radius 1 is 0.833 bits per heavy atom. The lowest BCUT2D eigenvalue weighted by Gasteiger charge is -2.19. The topological polar surface area (TPSA) is 56.8 Å².